The van der Waals surface area contributed by atoms with Crippen LogP contribution in [-0.4, -0.2) is 69.2 Å². The van der Waals surface area contributed by atoms with Crippen LogP contribution in [0, 0.1) is 11.3 Å². The number of benzene rings is 2. The quantitative estimate of drug-likeness (QED) is 0.367. The van der Waals surface area contributed by atoms with Crippen molar-refractivity contribution >= 4 is 28.5 Å². The zero-order valence-electron chi connectivity index (χ0n) is 22.0. The van der Waals surface area contributed by atoms with Gasteiger partial charge >= 0.3 is 6.09 Å². The van der Waals surface area contributed by atoms with Crippen LogP contribution in [0.5, 0.6) is 5.75 Å². The second-order valence-electron chi connectivity index (χ2n) is 10.1. The molecule has 1 amide bonds. The van der Waals surface area contributed by atoms with Crippen molar-refractivity contribution in [2.75, 3.05) is 31.6 Å². The number of nitrogens with one attached hydrogen (secondary N) is 2. The molecule has 2 aromatic carbocycles. The summed E-state index contributed by atoms with van der Waals surface area (Å²) in [6.07, 6.45) is 2.20. The van der Waals surface area contributed by atoms with Crippen LogP contribution in [0.4, 0.5) is 16.4 Å². The van der Waals surface area contributed by atoms with Crippen molar-refractivity contribution < 1.29 is 19.0 Å². The maximum Gasteiger partial charge on any atom is 0.410 e. The summed E-state index contributed by atoms with van der Waals surface area (Å²) in [6, 6.07) is 15.8. The van der Waals surface area contributed by atoms with E-state index in [1.807, 2.05) is 69.3 Å². The molecule has 200 valence electrons. The third-order valence-corrected chi connectivity index (χ3v) is 5.95. The van der Waals surface area contributed by atoms with Gasteiger partial charge in [-0.15, -0.1) is 0 Å². The molecule has 2 N–H and O–H groups in total. The lowest BCUT2D eigenvalue weighted by atomic mass is 10.0. The molecule has 11 heteroatoms. The number of hydrogen-bond donors (Lipinski definition) is 2. The summed E-state index contributed by atoms with van der Waals surface area (Å²) in [6.45, 7) is 7.06. The Morgan fingerprint density at radius 2 is 1.97 bits per heavy atom. The number of anilines is 2. The SMILES string of the molecule is CC(C)(C)OC(=O)N1CCOC(COc2cc3ccccc3cc2-c2cc(Nc3cnc(C#N)cn3)n[nH]2)C1. The monoisotopic (exact) mass is 527 g/mol. The van der Waals surface area contributed by atoms with E-state index >= 15 is 0 Å². The van der Waals surface area contributed by atoms with E-state index in [0.717, 1.165) is 22.0 Å². The fourth-order valence-corrected chi connectivity index (χ4v) is 4.15. The van der Waals surface area contributed by atoms with E-state index in [1.54, 1.807) is 4.90 Å². The van der Waals surface area contributed by atoms with Gasteiger partial charge in [0.15, 0.2) is 11.5 Å². The van der Waals surface area contributed by atoms with Crippen LogP contribution < -0.4 is 10.1 Å². The summed E-state index contributed by atoms with van der Waals surface area (Å²) in [5.41, 5.74) is 1.23. The maximum absolute atomic E-state index is 12.6. The van der Waals surface area contributed by atoms with Gasteiger partial charge in [-0.3, -0.25) is 5.10 Å². The van der Waals surface area contributed by atoms with Crippen LogP contribution in [0.3, 0.4) is 0 Å². The number of hydrogen-bond acceptors (Lipinski definition) is 9. The van der Waals surface area contributed by atoms with E-state index in [9.17, 15) is 4.79 Å². The average Bonchev–Trinajstić information content (AvgIpc) is 3.39. The molecule has 4 aromatic rings. The molecule has 0 saturated carbocycles. The highest BCUT2D eigenvalue weighted by atomic mass is 16.6. The van der Waals surface area contributed by atoms with Gasteiger partial charge in [0.1, 0.15) is 35.9 Å². The first-order valence-corrected chi connectivity index (χ1v) is 12.6. The van der Waals surface area contributed by atoms with Crippen molar-refractivity contribution in [3.05, 3.63) is 60.6 Å². The number of fused-ring (bicyclic) bond motifs is 1. The van der Waals surface area contributed by atoms with Gasteiger partial charge in [0.25, 0.3) is 0 Å². The minimum atomic E-state index is -0.564. The second kappa shape index (κ2) is 11.0. The number of ether oxygens (including phenoxy) is 3. The zero-order chi connectivity index (χ0) is 27.4. The van der Waals surface area contributed by atoms with E-state index in [2.05, 4.69) is 25.5 Å². The third kappa shape index (κ3) is 6.42. The average molecular weight is 528 g/mol. The molecule has 1 saturated heterocycles. The highest BCUT2D eigenvalue weighted by Crippen LogP contribution is 2.35. The number of carbonyl (C=O) groups excluding carboxylic acids is 1. The molecule has 3 heterocycles. The van der Waals surface area contributed by atoms with Gasteiger partial charge < -0.3 is 24.4 Å². The number of rotatable bonds is 6. The normalized spacial score (nSPS) is 15.5. The standard InChI is InChI=1S/C28H29N7O4/c1-28(2,3)39-27(36)35-8-9-37-21(16-35)17-38-24-11-19-7-5-4-6-18(19)10-22(24)23-12-25(34-33-23)32-26-15-30-20(13-29)14-31-26/h4-7,10-12,14-15,21H,8-9,16-17H2,1-3H3,(H2,31,32,33,34). The Morgan fingerprint density at radius 3 is 2.69 bits per heavy atom. The van der Waals surface area contributed by atoms with Crippen molar-refractivity contribution in [2.45, 2.75) is 32.5 Å². The van der Waals surface area contributed by atoms with Gasteiger partial charge in [0.2, 0.25) is 0 Å². The molecule has 0 spiro atoms. The maximum atomic E-state index is 12.6. The Hall–Kier alpha value is -4.69. The number of nitriles is 1. The second-order valence-corrected chi connectivity index (χ2v) is 10.1. The first-order chi connectivity index (χ1) is 18.8. The molecule has 1 fully saturated rings. The predicted octanol–water partition coefficient (Wildman–Crippen LogP) is 4.65. The van der Waals surface area contributed by atoms with Crippen molar-refractivity contribution in [3.8, 4) is 23.1 Å². The number of morpholine rings is 1. The Labute approximate surface area is 225 Å². The van der Waals surface area contributed by atoms with Gasteiger partial charge in [0.05, 0.1) is 31.2 Å². The predicted molar refractivity (Wildman–Crippen MR) is 145 cm³/mol. The largest absolute Gasteiger partial charge is 0.490 e. The van der Waals surface area contributed by atoms with E-state index < -0.39 is 5.60 Å². The fraction of sp³-hybridized carbons (Fsp3) is 0.321. The summed E-state index contributed by atoms with van der Waals surface area (Å²) in [5, 5.41) is 21.5. The van der Waals surface area contributed by atoms with Gasteiger partial charge in [-0.25, -0.2) is 14.8 Å². The summed E-state index contributed by atoms with van der Waals surface area (Å²) in [5.74, 6) is 1.65. The molecule has 39 heavy (non-hydrogen) atoms. The molecule has 0 bridgehead atoms. The van der Waals surface area contributed by atoms with Crippen molar-refractivity contribution in [3.63, 3.8) is 0 Å². The van der Waals surface area contributed by atoms with Gasteiger partial charge in [-0.1, -0.05) is 24.3 Å². The molecule has 0 aliphatic carbocycles. The highest BCUT2D eigenvalue weighted by molar-refractivity contribution is 5.90. The summed E-state index contributed by atoms with van der Waals surface area (Å²) in [7, 11) is 0. The minimum Gasteiger partial charge on any atom is -0.490 e. The van der Waals surface area contributed by atoms with E-state index in [0.29, 0.717) is 37.1 Å². The molecule has 0 radical (unpaired) electrons. The minimum absolute atomic E-state index is 0.234. The van der Waals surface area contributed by atoms with Crippen LogP contribution in [0.2, 0.25) is 0 Å². The highest BCUT2D eigenvalue weighted by Gasteiger charge is 2.28. The Bertz CT molecular complexity index is 1510. The van der Waals surface area contributed by atoms with Crippen molar-refractivity contribution in [2.24, 2.45) is 0 Å². The molecule has 1 unspecified atom stereocenters. The van der Waals surface area contributed by atoms with Crippen LogP contribution in [0.1, 0.15) is 26.5 Å². The number of H-pyrrole nitrogens is 1. The van der Waals surface area contributed by atoms with Crippen LogP contribution in [0.25, 0.3) is 22.0 Å². The lowest BCUT2D eigenvalue weighted by molar-refractivity contribution is -0.0556. The van der Waals surface area contributed by atoms with Crippen LogP contribution in [0.15, 0.2) is 54.9 Å². The smallest absolute Gasteiger partial charge is 0.410 e. The molecule has 5 rings (SSSR count). The Balaban J connectivity index is 1.34. The molecular formula is C28H29N7O4. The number of aromatic nitrogens is 4. The van der Waals surface area contributed by atoms with Crippen LogP contribution >= 0.6 is 0 Å². The lowest BCUT2D eigenvalue weighted by Crippen LogP contribution is -2.49. The topological polar surface area (TPSA) is 138 Å². The Kier molecular flexibility index (Phi) is 7.29. The molecule has 1 atom stereocenters. The molecule has 1 aliphatic rings. The van der Waals surface area contributed by atoms with E-state index in [-0.39, 0.29) is 24.5 Å². The number of amides is 1. The first kappa shape index (κ1) is 25.9. The summed E-state index contributed by atoms with van der Waals surface area (Å²) in [4.78, 5) is 22.4. The Morgan fingerprint density at radius 1 is 1.18 bits per heavy atom. The molecule has 11 nitrogen and oxygen atoms in total. The first-order valence-electron chi connectivity index (χ1n) is 12.6. The van der Waals surface area contributed by atoms with Gasteiger partial charge in [0, 0.05) is 18.2 Å². The van der Waals surface area contributed by atoms with Gasteiger partial charge in [-0.05, 0) is 43.7 Å². The van der Waals surface area contributed by atoms with Crippen molar-refractivity contribution in [1.82, 2.24) is 25.1 Å². The number of aromatic amines is 1. The van der Waals surface area contributed by atoms with Crippen molar-refractivity contribution in [1.29, 1.82) is 5.26 Å². The fourth-order valence-electron chi connectivity index (χ4n) is 4.15. The molecule has 2 aromatic heterocycles. The summed E-state index contributed by atoms with van der Waals surface area (Å²) < 4.78 is 17.7. The summed E-state index contributed by atoms with van der Waals surface area (Å²) >= 11 is 0. The molecular weight excluding hydrogens is 498 g/mol. The van der Waals surface area contributed by atoms with E-state index in [1.165, 1.54) is 12.4 Å². The van der Waals surface area contributed by atoms with Gasteiger partial charge in [-0.2, -0.15) is 10.4 Å². The van der Waals surface area contributed by atoms with Crippen LogP contribution in [-0.2, 0) is 9.47 Å². The number of carbonyl (C=O) groups is 1. The lowest BCUT2D eigenvalue weighted by Gasteiger charge is -2.34. The third-order valence-electron chi connectivity index (χ3n) is 5.95. The number of nitrogens with zero attached hydrogens (tertiary/aromatic N) is 5. The van der Waals surface area contributed by atoms with E-state index in [4.69, 9.17) is 19.5 Å². The molecule has 1 aliphatic heterocycles. The zero-order valence-corrected chi connectivity index (χ0v) is 22.0.